The van der Waals surface area contributed by atoms with Crippen molar-refractivity contribution in [2.24, 2.45) is 17.8 Å². The van der Waals surface area contributed by atoms with Crippen molar-refractivity contribution in [1.29, 1.82) is 0 Å². The Morgan fingerprint density at radius 3 is 2.10 bits per heavy atom. The fraction of sp³-hybridized carbons (Fsp3) is 0.696. The van der Waals surface area contributed by atoms with Crippen LogP contribution in [0.4, 0.5) is 13.2 Å². The molecule has 1 heterocycles. The van der Waals surface area contributed by atoms with Gasteiger partial charge in [-0.25, -0.2) is 13.2 Å². The van der Waals surface area contributed by atoms with E-state index in [1.807, 2.05) is 0 Å². The van der Waals surface area contributed by atoms with Gasteiger partial charge >= 0.3 is 5.97 Å². The first-order valence-corrected chi connectivity index (χ1v) is 11.2. The molecule has 1 saturated heterocycles. The van der Waals surface area contributed by atoms with Crippen LogP contribution in [0.5, 0.6) is 5.75 Å². The number of hydrogen-bond acceptors (Lipinski definition) is 5. The van der Waals surface area contributed by atoms with Crippen LogP contribution >= 0.6 is 0 Å². The highest BCUT2D eigenvalue weighted by Crippen LogP contribution is 2.41. The van der Waals surface area contributed by atoms with E-state index in [0.717, 1.165) is 45.1 Å². The fourth-order valence-corrected chi connectivity index (χ4v) is 4.83. The minimum atomic E-state index is -1.57. The summed E-state index contributed by atoms with van der Waals surface area (Å²) in [6, 6.07) is 1.40. The van der Waals surface area contributed by atoms with E-state index >= 15 is 0 Å². The van der Waals surface area contributed by atoms with Crippen molar-refractivity contribution in [2.75, 3.05) is 20.0 Å². The predicted molar refractivity (Wildman–Crippen MR) is 105 cm³/mol. The molecular weight excluding hydrogens is 413 g/mol. The van der Waals surface area contributed by atoms with Gasteiger partial charge in [0.15, 0.2) is 17.5 Å². The Morgan fingerprint density at radius 2 is 1.52 bits per heavy atom. The van der Waals surface area contributed by atoms with Crippen LogP contribution in [0.3, 0.4) is 0 Å². The lowest BCUT2D eigenvalue weighted by atomic mass is 9.70. The fourth-order valence-electron chi connectivity index (χ4n) is 4.83. The van der Waals surface area contributed by atoms with E-state index in [4.69, 9.17) is 18.9 Å². The number of esters is 1. The Bertz CT molecular complexity index is 731. The summed E-state index contributed by atoms with van der Waals surface area (Å²) in [6.07, 6.45) is 8.05. The normalized spacial score (nSPS) is 30.7. The number of halogens is 3. The first-order chi connectivity index (χ1) is 15.0. The van der Waals surface area contributed by atoms with Crippen molar-refractivity contribution in [3.8, 4) is 5.75 Å². The number of carbonyl (C=O) groups excluding carboxylic acids is 1. The predicted octanol–water partition coefficient (Wildman–Crippen LogP) is 4.76. The second-order valence-electron chi connectivity index (χ2n) is 8.88. The molecule has 1 aromatic rings. The molecule has 3 aliphatic rings. The molecule has 3 fully saturated rings. The average molecular weight is 442 g/mol. The van der Waals surface area contributed by atoms with Gasteiger partial charge in [-0.1, -0.05) is 0 Å². The van der Waals surface area contributed by atoms with Crippen LogP contribution in [-0.2, 0) is 19.0 Å². The van der Waals surface area contributed by atoms with Gasteiger partial charge in [-0.2, -0.15) is 0 Å². The van der Waals surface area contributed by atoms with Crippen LogP contribution < -0.4 is 4.74 Å². The van der Waals surface area contributed by atoms with Crippen molar-refractivity contribution in [3.63, 3.8) is 0 Å². The van der Waals surface area contributed by atoms with Crippen molar-refractivity contribution in [2.45, 2.75) is 63.6 Å². The Balaban J connectivity index is 1.15. The molecule has 1 aliphatic heterocycles. The highest BCUT2D eigenvalue weighted by atomic mass is 19.2. The van der Waals surface area contributed by atoms with Gasteiger partial charge in [0.25, 0.3) is 0 Å². The van der Waals surface area contributed by atoms with E-state index in [0.29, 0.717) is 50.2 Å². The zero-order valence-corrected chi connectivity index (χ0v) is 17.5. The maximum absolute atomic E-state index is 13.3. The first kappa shape index (κ1) is 22.6. The van der Waals surface area contributed by atoms with E-state index in [1.165, 1.54) is 0 Å². The van der Waals surface area contributed by atoms with E-state index in [1.54, 1.807) is 0 Å². The zero-order valence-electron chi connectivity index (χ0n) is 17.5. The summed E-state index contributed by atoms with van der Waals surface area (Å²) in [5.41, 5.74) is 0. The van der Waals surface area contributed by atoms with Crippen LogP contribution in [0.25, 0.3) is 0 Å². The second kappa shape index (κ2) is 10.3. The third-order valence-electron chi connectivity index (χ3n) is 6.76. The first-order valence-electron chi connectivity index (χ1n) is 11.2. The Hall–Kier alpha value is -1.64. The van der Waals surface area contributed by atoms with E-state index in [2.05, 4.69) is 0 Å². The third-order valence-corrected chi connectivity index (χ3v) is 6.76. The van der Waals surface area contributed by atoms with E-state index < -0.39 is 23.4 Å². The number of rotatable bonds is 8. The molecule has 1 unspecified atom stereocenters. The second-order valence-corrected chi connectivity index (χ2v) is 8.88. The van der Waals surface area contributed by atoms with Gasteiger partial charge < -0.3 is 18.9 Å². The zero-order chi connectivity index (χ0) is 21.8. The molecule has 1 atom stereocenters. The SMILES string of the molecule is O=C(Oc1cc(F)c(F)c(F)c1)C1CCC(C2CCC(OCOCC3CO3)CC2)CC1. The maximum Gasteiger partial charge on any atom is 0.314 e. The molecule has 0 radical (unpaired) electrons. The topological polar surface area (TPSA) is 57.3 Å². The molecule has 0 spiro atoms. The summed E-state index contributed by atoms with van der Waals surface area (Å²) < 4.78 is 61.1. The molecule has 1 aromatic carbocycles. The van der Waals surface area contributed by atoms with Gasteiger partial charge in [-0.3, -0.25) is 4.79 Å². The Morgan fingerprint density at radius 1 is 0.935 bits per heavy atom. The molecule has 0 bridgehead atoms. The standard InChI is InChI=1S/C23H29F3O5/c24-20-9-18(10-21(25)22(20)26)31-23(27)16-3-1-14(2-4-16)15-5-7-17(8-6-15)30-13-28-11-19-12-29-19/h9-10,14-17,19H,1-8,11-13H2. The number of hydrogen-bond donors (Lipinski definition) is 0. The van der Waals surface area contributed by atoms with E-state index in [9.17, 15) is 18.0 Å². The number of epoxide rings is 1. The highest BCUT2D eigenvalue weighted by molar-refractivity contribution is 5.75. The van der Waals surface area contributed by atoms with Crippen LogP contribution in [0.15, 0.2) is 12.1 Å². The lowest BCUT2D eigenvalue weighted by Crippen LogP contribution is -2.31. The summed E-state index contributed by atoms with van der Waals surface area (Å²) >= 11 is 0. The molecule has 4 rings (SSSR count). The van der Waals surface area contributed by atoms with Gasteiger partial charge in [0.1, 0.15) is 18.6 Å². The quantitative estimate of drug-likeness (QED) is 0.145. The van der Waals surface area contributed by atoms with Crippen molar-refractivity contribution in [1.82, 2.24) is 0 Å². The molecule has 2 aliphatic carbocycles. The molecule has 0 aromatic heterocycles. The van der Waals surface area contributed by atoms with E-state index in [-0.39, 0.29) is 23.9 Å². The van der Waals surface area contributed by atoms with Gasteiger partial charge in [0.2, 0.25) is 0 Å². The van der Waals surface area contributed by atoms with Gasteiger partial charge in [0.05, 0.1) is 25.2 Å². The summed E-state index contributed by atoms with van der Waals surface area (Å²) in [6.45, 7) is 1.71. The van der Waals surface area contributed by atoms with Crippen molar-refractivity contribution in [3.05, 3.63) is 29.6 Å². The minimum absolute atomic E-state index is 0.249. The molecule has 31 heavy (non-hydrogen) atoms. The Labute approximate surface area is 180 Å². The van der Waals surface area contributed by atoms with Gasteiger partial charge in [-0.15, -0.1) is 0 Å². The summed E-state index contributed by atoms with van der Waals surface area (Å²) in [5, 5.41) is 0. The Kier molecular flexibility index (Phi) is 7.51. The highest BCUT2D eigenvalue weighted by Gasteiger charge is 2.34. The van der Waals surface area contributed by atoms with Crippen LogP contribution in [-0.4, -0.2) is 38.2 Å². The lowest BCUT2D eigenvalue weighted by molar-refractivity contribution is -0.140. The molecule has 0 amide bonds. The maximum atomic E-state index is 13.3. The molecule has 8 heteroatoms. The molecule has 5 nitrogen and oxygen atoms in total. The van der Waals surface area contributed by atoms with Crippen LogP contribution in [0.1, 0.15) is 51.4 Å². The van der Waals surface area contributed by atoms with Crippen LogP contribution in [0, 0.1) is 35.2 Å². The number of ether oxygens (including phenoxy) is 4. The molecule has 2 saturated carbocycles. The number of benzene rings is 1. The molecule has 172 valence electrons. The summed E-state index contributed by atoms with van der Waals surface area (Å²) in [5.74, 6) is -4.18. The lowest BCUT2D eigenvalue weighted by Gasteiger charge is -2.37. The molecular formula is C23H29F3O5. The molecule has 0 N–H and O–H groups in total. The van der Waals surface area contributed by atoms with Gasteiger partial charge in [-0.05, 0) is 63.2 Å². The van der Waals surface area contributed by atoms with Crippen molar-refractivity contribution < 1.29 is 36.9 Å². The third kappa shape index (κ3) is 6.20. The van der Waals surface area contributed by atoms with Crippen molar-refractivity contribution >= 4 is 5.97 Å². The average Bonchev–Trinajstić information content (AvgIpc) is 3.60. The largest absolute Gasteiger partial charge is 0.426 e. The number of carbonyl (C=O) groups is 1. The summed E-state index contributed by atoms with van der Waals surface area (Å²) in [4.78, 5) is 12.4. The van der Waals surface area contributed by atoms with Gasteiger partial charge in [0, 0.05) is 12.1 Å². The monoisotopic (exact) mass is 442 g/mol. The minimum Gasteiger partial charge on any atom is -0.426 e. The van der Waals surface area contributed by atoms with Crippen LogP contribution in [0.2, 0.25) is 0 Å². The summed E-state index contributed by atoms with van der Waals surface area (Å²) in [7, 11) is 0. The smallest absolute Gasteiger partial charge is 0.314 e.